The molecule has 0 unspecified atom stereocenters. The predicted molar refractivity (Wildman–Crippen MR) is 124 cm³/mol. The molecule has 3 heterocycles. The quantitative estimate of drug-likeness (QED) is 0.429. The number of hydrogen-bond acceptors (Lipinski definition) is 4. The smallest absolute Gasteiger partial charge is 0.274 e. The number of aromatic nitrogens is 3. The van der Waals surface area contributed by atoms with E-state index in [1.165, 1.54) is 29.7 Å². The van der Waals surface area contributed by atoms with E-state index in [1.807, 2.05) is 35.0 Å². The summed E-state index contributed by atoms with van der Waals surface area (Å²) in [5.74, 6) is 0.787. The molecular weight excluding hydrogens is 404 g/mol. The molecule has 5 rings (SSSR count). The fourth-order valence-electron chi connectivity index (χ4n) is 4.53. The first kappa shape index (κ1) is 19.7. The summed E-state index contributed by atoms with van der Waals surface area (Å²) in [7, 11) is 0. The second-order valence-electron chi connectivity index (χ2n) is 7.96. The average Bonchev–Trinajstić information content (AvgIpc) is 3.56. The monoisotopic (exact) mass is 428 g/mol. The lowest BCUT2D eigenvalue weighted by molar-refractivity contribution is 0.101. The van der Waals surface area contributed by atoms with Crippen molar-refractivity contribution in [2.45, 2.75) is 37.6 Å². The molecule has 0 radical (unpaired) electrons. The van der Waals surface area contributed by atoms with Crippen LogP contribution in [0.25, 0.3) is 0 Å². The van der Waals surface area contributed by atoms with Crippen LogP contribution < -0.4 is 5.32 Å². The van der Waals surface area contributed by atoms with E-state index in [0.29, 0.717) is 29.2 Å². The number of anilines is 1. The lowest BCUT2D eigenvalue weighted by Crippen LogP contribution is -2.17. The van der Waals surface area contributed by atoms with E-state index >= 15 is 0 Å². The minimum atomic E-state index is -0.133. The zero-order valence-electron chi connectivity index (χ0n) is 17.1. The number of carbonyl (C=O) groups excluding carboxylic acids is 1. The number of thiazole rings is 1. The number of nitrogens with zero attached hydrogens (tertiary/aromatic N) is 3. The van der Waals surface area contributed by atoms with Crippen molar-refractivity contribution in [3.8, 4) is 0 Å². The molecule has 156 valence electrons. The van der Waals surface area contributed by atoms with E-state index in [4.69, 9.17) is 4.98 Å². The molecule has 2 atom stereocenters. The molecule has 1 saturated carbocycles. The van der Waals surface area contributed by atoms with Gasteiger partial charge in [-0.15, -0.1) is 11.3 Å². The molecule has 1 aliphatic carbocycles. The standard InChI is InChI=1S/C25H24N4OS/c30-24(23-10-5-15-29(23)16-18-11-13-26-14-12-18)28-25-27-22(17-31-25)21-9-4-8-20(21)19-6-2-1-3-7-19/h1-3,5-7,10-15,17,20-21H,4,8-9,16H2,(H,27,28,30)/t20-,21-/m0/s1. The maximum absolute atomic E-state index is 12.9. The van der Waals surface area contributed by atoms with Crippen LogP contribution in [0.5, 0.6) is 0 Å². The van der Waals surface area contributed by atoms with Gasteiger partial charge in [0.1, 0.15) is 5.69 Å². The summed E-state index contributed by atoms with van der Waals surface area (Å²) in [5.41, 5.74) is 4.21. The Morgan fingerprint density at radius 1 is 1.03 bits per heavy atom. The summed E-state index contributed by atoms with van der Waals surface area (Å²) in [4.78, 5) is 21.8. The number of carbonyl (C=O) groups is 1. The molecule has 3 aromatic heterocycles. The largest absolute Gasteiger partial charge is 0.339 e. The molecule has 6 heteroatoms. The van der Waals surface area contributed by atoms with Gasteiger partial charge in [0.05, 0.1) is 5.69 Å². The third-order valence-corrected chi connectivity index (χ3v) is 6.81. The van der Waals surface area contributed by atoms with Crippen LogP contribution in [-0.4, -0.2) is 20.4 Å². The zero-order valence-corrected chi connectivity index (χ0v) is 18.0. The summed E-state index contributed by atoms with van der Waals surface area (Å²) < 4.78 is 1.95. The minimum Gasteiger partial charge on any atom is -0.339 e. The maximum Gasteiger partial charge on any atom is 0.274 e. The van der Waals surface area contributed by atoms with Crippen molar-refractivity contribution < 1.29 is 4.79 Å². The van der Waals surface area contributed by atoms with E-state index in [2.05, 4.69) is 46.0 Å². The molecule has 31 heavy (non-hydrogen) atoms. The van der Waals surface area contributed by atoms with Gasteiger partial charge in [0, 0.05) is 36.4 Å². The first-order valence-corrected chi connectivity index (χ1v) is 11.5. The lowest BCUT2D eigenvalue weighted by atomic mass is 9.87. The van der Waals surface area contributed by atoms with Crippen molar-refractivity contribution in [3.05, 3.63) is 101 Å². The van der Waals surface area contributed by atoms with E-state index in [1.54, 1.807) is 12.4 Å². The summed E-state index contributed by atoms with van der Waals surface area (Å²) in [6.07, 6.45) is 9.00. The molecule has 4 aromatic rings. The Labute approximate surface area is 185 Å². The zero-order chi connectivity index (χ0) is 21.0. The number of benzene rings is 1. The van der Waals surface area contributed by atoms with Crippen molar-refractivity contribution in [2.24, 2.45) is 0 Å². The summed E-state index contributed by atoms with van der Waals surface area (Å²) >= 11 is 1.51. The van der Waals surface area contributed by atoms with Gasteiger partial charge in [0.15, 0.2) is 5.13 Å². The van der Waals surface area contributed by atoms with Crippen molar-refractivity contribution >= 4 is 22.4 Å². The SMILES string of the molecule is O=C(Nc1nc([C@H]2CCC[C@H]2c2ccccc2)cs1)c1cccn1Cc1ccncc1. The molecule has 5 nitrogen and oxygen atoms in total. The number of nitrogens with one attached hydrogen (secondary N) is 1. The van der Waals surface area contributed by atoms with Crippen LogP contribution in [0.4, 0.5) is 5.13 Å². The molecule has 1 fully saturated rings. The molecule has 1 aromatic carbocycles. The van der Waals surface area contributed by atoms with Gasteiger partial charge in [0.25, 0.3) is 5.91 Å². The highest BCUT2D eigenvalue weighted by Gasteiger charge is 2.31. The van der Waals surface area contributed by atoms with E-state index in [-0.39, 0.29) is 5.91 Å². The van der Waals surface area contributed by atoms with E-state index in [9.17, 15) is 4.79 Å². The maximum atomic E-state index is 12.9. The highest BCUT2D eigenvalue weighted by Crippen LogP contribution is 2.46. The molecule has 1 amide bonds. The van der Waals surface area contributed by atoms with Gasteiger partial charge in [0.2, 0.25) is 0 Å². The number of pyridine rings is 1. The highest BCUT2D eigenvalue weighted by molar-refractivity contribution is 7.14. The molecule has 0 aliphatic heterocycles. The van der Waals surface area contributed by atoms with Crippen molar-refractivity contribution in [2.75, 3.05) is 5.32 Å². The molecule has 1 N–H and O–H groups in total. The second-order valence-corrected chi connectivity index (χ2v) is 8.82. The van der Waals surface area contributed by atoms with Crippen LogP contribution in [0.3, 0.4) is 0 Å². The lowest BCUT2D eigenvalue weighted by Gasteiger charge is -2.18. The third-order valence-electron chi connectivity index (χ3n) is 6.03. The van der Waals surface area contributed by atoms with Gasteiger partial charge in [-0.2, -0.15) is 0 Å². The predicted octanol–water partition coefficient (Wildman–Crippen LogP) is 5.69. The molecule has 0 spiro atoms. The topological polar surface area (TPSA) is 59.8 Å². The Morgan fingerprint density at radius 3 is 2.68 bits per heavy atom. The van der Waals surface area contributed by atoms with Crippen LogP contribution in [0.2, 0.25) is 0 Å². The number of rotatable bonds is 6. The van der Waals surface area contributed by atoms with Gasteiger partial charge in [-0.25, -0.2) is 4.98 Å². The van der Waals surface area contributed by atoms with Crippen molar-refractivity contribution in [1.29, 1.82) is 0 Å². The Bertz CT molecular complexity index is 1150. The van der Waals surface area contributed by atoms with Gasteiger partial charge >= 0.3 is 0 Å². The van der Waals surface area contributed by atoms with Crippen LogP contribution in [0.1, 0.15) is 58.4 Å². The highest BCUT2D eigenvalue weighted by atomic mass is 32.1. The molecule has 0 bridgehead atoms. The number of amides is 1. The Hall–Kier alpha value is -3.25. The normalized spacial score (nSPS) is 18.2. The van der Waals surface area contributed by atoms with Gasteiger partial charge in [-0.1, -0.05) is 36.8 Å². The van der Waals surface area contributed by atoms with Crippen LogP contribution >= 0.6 is 11.3 Å². The van der Waals surface area contributed by atoms with Crippen molar-refractivity contribution in [3.63, 3.8) is 0 Å². The van der Waals surface area contributed by atoms with E-state index < -0.39 is 0 Å². The van der Waals surface area contributed by atoms with Gasteiger partial charge < -0.3 is 4.57 Å². The number of hydrogen-bond donors (Lipinski definition) is 1. The van der Waals surface area contributed by atoms with Crippen molar-refractivity contribution in [1.82, 2.24) is 14.5 Å². The van der Waals surface area contributed by atoms with Crippen LogP contribution in [-0.2, 0) is 6.54 Å². The van der Waals surface area contributed by atoms with Gasteiger partial charge in [-0.3, -0.25) is 15.1 Å². The summed E-state index contributed by atoms with van der Waals surface area (Å²) in [6.45, 7) is 0.627. The molecule has 0 saturated heterocycles. The van der Waals surface area contributed by atoms with Crippen LogP contribution in [0, 0.1) is 0 Å². The Morgan fingerprint density at radius 2 is 1.84 bits per heavy atom. The fourth-order valence-corrected chi connectivity index (χ4v) is 5.30. The average molecular weight is 429 g/mol. The van der Waals surface area contributed by atoms with E-state index in [0.717, 1.165) is 17.7 Å². The van der Waals surface area contributed by atoms with Gasteiger partial charge in [-0.05, 0) is 54.2 Å². The third kappa shape index (κ3) is 4.30. The first-order chi connectivity index (χ1) is 15.3. The first-order valence-electron chi connectivity index (χ1n) is 10.6. The fraction of sp³-hybridized carbons (Fsp3) is 0.240. The summed E-state index contributed by atoms with van der Waals surface area (Å²) in [5, 5.41) is 5.78. The Balaban J connectivity index is 1.29. The molecule has 1 aliphatic rings. The van der Waals surface area contributed by atoms with Crippen LogP contribution in [0.15, 0.2) is 78.6 Å². The Kier molecular flexibility index (Phi) is 5.63. The molecular formula is C25H24N4OS. The minimum absolute atomic E-state index is 0.133. The second kappa shape index (κ2) is 8.86. The summed E-state index contributed by atoms with van der Waals surface area (Å²) in [6, 6.07) is 18.4.